The lowest BCUT2D eigenvalue weighted by Crippen LogP contribution is -2.06. The Labute approximate surface area is 85.3 Å². The van der Waals surface area contributed by atoms with Gasteiger partial charge in [-0.3, -0.25) is 0 Å². The minimum absolute atomic E-state index is 0.0894. The second-order valence-corrected chi connectivity index (χ2v) is 2.56. The molecule has 5 nitrogen and oxygen atoms in total. The predicted molar refractivity (Wildman–Crippen MR) is 53.2 cm³/mol. The van der Waals surface area contributed by atoms with Crippen molar-refractivity contribution >= 4 is 0 Å². The van der Waals surface area contributed by atoms with Gasteiger partial charge in [0.15, 0.2) is 0 Å². The lowest BCUT2D eigenvalue weighted by atomic mass is 10.5. The fourth-order valence-electron chi connectivity index (χ4n) is 0.429. The highest BCUT2D eigenvalue weighted by Crippen LogP contribution is 1.76. The molecule has 0 rings (SSSR count). The van der Waals surface area contributed by atoms with Crippen molar-refractivity contribution in [2.45, 2.75) is 20.0 Å². The molecule has 0 spiro atoms. The summed E-state index contributed by atoms with van der Waals surface area (Å²) in [5.41, 5.74) is 0. The van der Waals surface area contributed by atoms with E-state index in [1.807, 2.05) is 6.92 Å². The van der Waals surface area contributed by atoms with Crippen LogP contribution in [0.15, 0.2) is 0 Å². The van der Waals surface area contributed by atoms with E-state index >= 15 is 0 Å². The van der Waals surface area contributed by atoms with E-state index in [1.165, 1.54) is 6.92 Å². The average Bonchev–Trinajstić information content (AvgIpc) is 2.19. The van der Waals surface area contributed by atoms with Gasteiger partial charge in [0.05, 0.1) is 39.1 Å². The van der Waals surface area contributed by atoms with Gasteiger partial charge in [0, 0.05) is 6.61 Å². The first-order valence-electron chi connectivity index (χ1n) is 4.74. The van der Waals surface area contributed by atoms with Crippen molar-refractivity contribution in [3.05, 3.63) is 0 Å². The number of hydrogen-bond acceptors (Lipinski definition) is 5. The molecule has 0 radical (unpaired) electrons. The maximum atomic E-state index is 8.26. The molecule has 0 aromatic heterocycles. The molecule has 0 fully saturated rings. The van der Waals surface area contributed by atoms with Crippen LogP contribution in [0.1, 0.15) is 13.8 Å². The minimum Gasteiger partial charge on any atom is -0.394 e. The van der Waals surface area contributed by atoms with E-state index in [4.69, 9.17) is 24.8 Å². The van der Waals surface area contributed by atoms with Crippen molar-refractivity contribution in [3.63, 3.8) is 0 Å². The maximum Gasteiger partial charge on any atom is 0.0742 e. The highest BCUT2D eigenvalue weighted by Gasteiger charge is 1.84. The molecule has 0 aromatic rings. The minimum atomic E-state index is -0.560. The predicted octanol–water partition coefficient (Wildman–Crippen LogP) is -0.609. The van der Waals surface area contributed by atoms with E-state index in [9.17, 15) is 0 Å². The Morgan fingerprint density at radius 3 is 1.93 bits per heavy atom. The Bertz CT molecular complexity index is 81.3. The SMILES string of the molecule is CC(O)CO.CCOCCOCCO. The van der Waals surface area contributed by atoms with Crippen LogP contribution in [-0.4, -0.2) is 61.1 Å². The molecule has 1 unspecified atom stereocenters. The zero-order chi connectivity index (χ0) is 11.2. The van der Waals surface area contributed by atoms with Gasteiger partial charge >= 0.3 is 0 Å². The van der Waals surface area contributed by atoms with Crippen LogP contribution >= 0.6 is 0 Å². The quantitative estimate of drug-likeness (QED) is 0.489. The number of hydrogen-bond donors (Lipinski definition) is 3. The third-order valence-electron chi connectivity index (χ3n) is 1.08. The van der Waals surface area contributed by atoms with Gasteiger partial charge in [-0.25, -0.2) is 0 Å². The molecule has 3 N–H and O–H groups in total. The first-order valence-corrected chi connectivity index (χ1v) is 4.74. The van der Waals surface area contributed by atoms with E-state index < -0.39 is 6.10 Å². The van der Waals surface area contributed by atoms with Crippen molar-refractivity contribution in [2.75, 3.05) is 39.6 Å². The highest BCUT2D eigenvalue weighted by molar-refractivity contribution is 4.34. The van der Waals surface area contributed by atoms with Crippen molar-refractivity contribution in [3.8, 4) is 0 Å². The fraction of sp³-hybridized carbons (Fsp3) is 1.00. The molecule has 0 aliphatic rings. The van der Waals surface area contributed by atoms with Crippen molar-refractivity contribution in [2.24, 2.45) is 0 Å². The molecule has 0 bridgehead atoms. The van der Waals surface area contributed by atoms with Gasteiger partial charge in [0.25, 0.3) is 0 Å². The molecule has 5 heteroatoms. The van der Waals surface area contributed by atoms with Crippen LogP contribution < -0.4 is 0 Å². The van der Waals surface area contributed by atoms with E-state index in [0.29, 0.717) is 19.8 Å². The Balaban J connectivity index is 0. The van der Waals surface area contributed by atoms with Crippen molar-refractivity contribution in [1.82, 2.24) is 0 Å². The third-order valence-corrected chi connectivity index (χ3v) is 1.08. The number of aliphatic hydroxyl groups excluding tert-OH is 3. The molecular formula is C9H22O5. The number of rotatable bonds is 7. The first-order chi connectivity index (χ1) is 6.68. The molecule has 88 valence electrons. The second-order valence-electron chi connectivity index (χ2n) is 2.56. The van der Waals surface area contributed by atoms with Crippen molar-refractivity contribution < 1.29 is 24.8 Å². The normalized spacial score (nSPS) is 11.8. The van der Waals surface area contributed by atoms with Gasteiger partial charge in [-0.05, 0) is 13.8 Å². The van der Waals surface area contributed by atoms with E-state index in [-0.39, 0.29) is 13.2 Å². The fourth-order valence-corrected chi connectivity index (χ4v) is 0.429. The van der Waals surface area contributed by atoms with E-state index in [2.05, 4.69) is 0 Å². The van der Waals surface area contributed by atoms with Crippen LogP contribution in [-0.2, 0) is 9.47 Å². The van der Waals surface area contributed by atoms with Gasteiger partial charge < -0.3 is 24.8 Å². The summed E-state index contributed by atoms with van der Waals surface area (Å²) in [5, 5.41) is 24.3. The summed E-state index contributed by atoms with van der Waals surface area (Å²) in [6.45, 7) is 5.75. The lowest BCUT2D eigenvalue weighted by molar-refractivity contribution is 0.0370. The summed E-state index contributed by atoms with van der Waals surface area (Å²) in [7, 11) is 0. The van der Waals surface area contributed by atoms with Crippen LogP contribution in [0.5, 0.6) is 0 Å². The Morgan fingerprint density at radius 1 is 1.07 bits per heavy atom. The summed E-state index contributed by atoms with van der Waals surface area (Å²) in [5.74, 6) is 0. The summed E-state index contributed by atoms with van der Waals surface area (Å²) >= 11 is 0. The van der Waals surface area contributed by atoms with Crippen LogP contribution in [0.4, 0.5) is 0 Å². The van der Waals surface area contributed by atoms with Gasteiger partial charge in [-0.2, -0.15) is 0 Å². The molecule has 0 saturated carbocycles. The van der Waals surface area contributed by atoms with E-state index in [0.717, 1.165) is 6.61 Å². The molecule has 0 aliphatic heterocycles. The summed E-state index contributed by atoms with van der Waals surface area (Å²) < 4.78 is 9.88. The summed E-state index contributed by atoms with van der Waals surface area (Å²) in [4.78, 5) is 0. The number of aliphatic hydroxyl groups is 3. The largest absolute Gasteiger partial charge is 0.394 e. The van der Waals surface area contributed by atoms with Crippen LogP contribution in [0.25, 0.3) is 0 Å². The lowest BCUT2D eigenvalue weighted by Gasteiger charge is -2.00. The Kier molecular flexibility index (Phi) is 17.7. The smallest absolute Gasteiger partial charge is 0.0742 e. The van der Waals surface area contributed by atoms with Gasteiger partial charge in [0.1, 0.15) is 0 Å². The molecule has 0 heterocycles. The van der Waals surface area contributed by atoms with Crippen LogP contribution in [0.2, 0.25) is 0 Å². The van der Waals surface area contributed by atoms with Gasteiger partial charge in [-0.1, -0.05) is 0 Å². The monoisotopic (exact) mass is 210 g/mol. The van der Waals surface area contributed by atoms with Gasteiger partial charge in [-0.15, -0.1) is 0 Å². The molecule has 0 saturated heterocycles. The maximum absolute atomic E-state index is 8.26. The molecule has 1 atom stereocenters. The standard InChI is InChI=1S/C6H14O3.C3H8O2/c1-2-8-5-6-9-4-3-7;1-3(5)2-4/h7H,2-6H2,1H3;3-5H,2H2,1H3. The molecule has 0 amide bonds. The molecular weight excluding hydrogens is 188 g/mol. The zero-order valence-corrected chi connectivity index (χ0v) is 8.98. The van der Waals surface area contributed by atoms with Crippen molar-refractivity contribution in [1.29, 1.82) is 0 Å². The molecule has 0 aliphatic carbocycles. The Hall–Kier alpha value is -0.200. The summed E-state index contributed by atoms with van der Waals surface area (Å²) in [6, 6.07) is 0. The Morgan fingerprint density at radius 2 is 1.57 bits per heavy atom. The molecule has 14 heavy (non-hydrogen) atoms. The van der Waals surface area contributed by atoms with E-state index in [1.54, 1.807) is 0 Å². The highest BCUT2D eigenvalue weighted by atomic mass is 16.5. The third kappa shape index (κ3) is 22.6. The van der Waals surface area contributed by atoms with Gasteiger partial charge in [0.2, 0.25) is 0 Å². The average molecular weight is 210 g/mol. The summed E-state index contributed by atoms with van der Waals surface area (Å²) in [6.07, 6.45) is -0.560. The molecule has 0 aromatic carbocycles. The van der Waals surface area contributed by atoms with Crippen LogP contribution in [0.3, 0.4) is 0 Å². The number of ether oxygens (including phenoxy) is 2. The zero-order valence-electron chi connectivity index (χ0n) is 8.98. The topological polar surface area (TPSA) is 79.2 Å². The second kappa shape index (κ2) is 15.3. The first kappa shape index (κ1) is 16.2. The van der Waals surface area contributed by atoms with Crippen LogP contribution in [0, 0.1) is 0 Å².